The molecule has 1 N–H and O–H groups in total. The smallest absolute Gasteiger partial charge is 0.185 e. The molecule has 0 bridgehead atoms. The first-order chi connectivity index (χ1) is 9.19. The van der Waals surface area contributed by atoms with E-state index >= 15 is 0 Å². The van der Waals surface area contributed by atoms with Gasteiger partial charge in [-0.25, -0.2) is 4.98 Å². The molecule has 0 radical (unpaired) electrons. The van der Waals surface area contributed by atoms with E-state index < -0.39 is 0 Å². The molecular weight excluding hydrogens is 322 g/mol. The number of thiazole rings is 1. The molecule has 0 spiro atoms. The molecule has 0 aliphatic carbocycles. The normalized spacial score (nSPS) is 10.7. The minimum Gasteiger partial charge on any atom is -0.347 e. The summed E-state index contributed by atoms with van der Waals surface area (Å²) in [5, 5.41) is 6.48. The van der Waals surface area contributed by atoms with Crippen molar-refractivity contribution >= 4 is 32.4 Å². The molecule has 1 aromatic heterocycles. The summed E-state index contributed by atoms with van der Waals surface area (Å²) in [5.41, 5.74) is 2.39. The van der Waals surface area contributed by atoms with Crippen molar-refractivity contribution in [3.8, 4) is 0 Å². The van der Waals surface area contributed by atoms with Crippen LogP contribution < -0.4 is 10.2 Å². The van der Waals surface area contributed by atoms with Gasteiger partial charge in [0.05, 0.1) is 5.69 Å². The van der Waals surface area contributed by atoms with Crippen molar-refractivity contribution in [1.29, 1.82) is 0 Å². The summed E-state index contributed by atoms with van der Waals surface area (Å²) < 4.78 is 1.12. The fourth-order valence-electron chi connectivity index (χ4n) is 1.78. The van der Waals surface area contributed by atoms with Crippen LogP contribution in [0.5, 0.6) is 0 Å². The van der Waals surface area contributed by atoms with Crippen LogP contribution in [0.25, 0.3) is 0 Å². The Morgan fingerprint density at radius 3 is 3.00 bits per heavy atom. The maximum atomic E-state index is 4.64. The molecule has 3 nitrogen and oxygen atoms in total. The third-order valence-corrected chi connectivity index (χ3v) is 4.23. The second kappa shape index (κ2) is 7.03. The molecule has 1 aromatic carbocycles. The van der Waals surface area contributed by atoms with Crippen molar-refractivity contribution in [3.63, 3.8) is 0 Å². The molecule has 0 aliphatic rings. The topological polar surface area (TPSA) is 28.2 Å². The summed E-state index contributed by atoms with van der Waals surface area (Å²) >= 11 is 5.20. The number of hydrogen-bond acceptors (Lipinski definition) is 4. The summed E-state index contributed by atoms with van der Waals surface area (Å²) in [7, 11) is 2.08. The van der Waals surface area contributed by atoms with E-state index in [0.717, 1.165) is 34.9 Å². The van der Waals surface area contributed by atoms with Gasteiger partial charge in [-0.05, 0) is 24.2 Å². The number of aromatic nitrogens is 1. The minimum absolute atomic E-state index is 0.845. The third kappa shape index (κ3) is 4.30. The Labute approximate surface area is 126 Å². The van der Waals surface area contributed by atoms with Crippen molar-refractivity contribution in [2.24, 2.45) is 0 Å². The molecule has 0 unspecified atom stereocenters. The maximum Gasteiger partial charge on any atom is 0.185 e. The van der Waals surface area contributed by atoms with Gasteiger partial charge in [0.2, 0.25) is 0 Å². The van der Waals surface area contributed by atoms with E-state index in [0.29, 0.717) is 0 Å². The highest BCUT2D eigenvalue weighted by Crippen LogP contribution is 2.22. The molecule has 0 atom stereocenters. The summed E-state index contributed by atoms with van der Waals surface area (Å²) in [6.07, 6.45) is 0. The monoisotopic (exact) mass is 339 g/mol. The molecule has 1 heterocycles. The Morgan fingerprint density at radius 2 is 2.26 bits per heavy atom. The fourth-order valence-corrected chi connectivity index (χ4v) is 3.02. The number of hydrogen-bond donors (Lipinski definition) is 1. The molecule has 0 amide bonds. The van der Waals surface area contributed by atoms with Crippen molar-refractivity contribution in [2.45, 2.75) is 20.0 Å². The Balaban J connectivity index is 1.99. The molecular formula is C14H18BrN3S. The van der Waals surface area contributed by atoms with Crippen LogP contribution in [0, 0.1) is 0 Å². The first-order valence-corrected chi connectivity index (χ1v) is 7.97. The summed E-state index contributed by atoms with van der Waals surface area (Å²) in [6.45, 7) is 4.79. The van der Waals surface area contributed by atoms with Gasteiger partial charge in [0.25, 0.3) is 0 Å². The van der Waals surface area contributed by atoms with Gasteiger partial charge in [0.15, 0.2) is 5.13 Å². The van der Waals surface area contributed by atoms with Gasteiger partial charge in [0.1, 0.15) is 0 Å². The number of halogens is 1. The Morgan fingerprint density at radius 1 is 1.42 bits per heavy atom. The summed E-state index contributed by atoms with van der Waals surface area (Å²) in [6, 6.07) is 8.38. The van der Waals surface area contributed by atoms with Crippen LogP contribution in [0.3, 0.4) is 0 Å². The number of nitrogens with zero attached hydrogens (tertiary/aromatic N) is 2. The molecule has 102 valence electrons. The quantitative estimate of drug-likeness (QED) is 0.870. The van der Waals surface area contributed by atoms with Gasteiger partial charge >= 0.3 is 0 Å². The molecule has 2 rings (SSSR count). The van der Waals surface area contributed by atoms with E-state index in [4.69, 9.17) is 0 Å². The van der Waals surface area contributed by atoms with E-state index in [1.807, 2.05) is 6.07 Å². The van der Waals surface area contributed by atoms with Crippen LogP contribution in [0.15, 0.2) is 34.1 Å². The number of benzene rings is 1. The fraction of sp³-hybridized carbons (Fsp3) is 0.357. The van der Waals surface area contributed by atoms with E-state index in [1.54, 1.807) is 11.3 Å². The maximum absolute atomic E-state index is 4.64. The van der Waals surface area contributed by atoms with E-state index in [-0.39, 0.29) is 0 Å². The van der Waals surface area contributed by atoms with Gasteiger partial charge in [0, 0.05) is 30.0 Å². The Hall–Kier alpha value is -0.910. The van der Waals surface area contributed by atoms with Crippen molar-refractivity contribution in [3.05, 3.63) is 45.4 Å². The molecule has 0 saturated heterocycles. The largest absolute Gasteiger partial charge is 0.347 e. The number of nitrogens with one attached hydrogen (secondary N) is 1. The van der Waals surface area contributed by atoms with Crippen LogP contribution in [0.1, 0.15) is 18.2 Å². The first kappa shape index (κ1) is 14.5. The first-order valence-electron chi connectivity index (χ1n) is 6.29. The summed E-state index contributed by atoms with van der Waals surface area (Å²) in [4.78, 5) is 6.82. The van der Waals surface area contributed by atoms with Gasteiger partial charge in [-0.1, -0.05) is 35.0 Å². The lowest BCUT2D eigenvalue weighted by Crippen LogP contribution is -2.17. The predicted molar refractivity (Wildman–Crippen MR) is 85.7 cm³/mol. The van der Waals surface area contributed by atoms with Crippen LogP contribution in [0.4, 0.5) is 5.13 Å². The highest BCUT2D eigenvalue weighted by atomic mass is 79.9. The van der Waals surface area contributed by atoms with Crippen LogP contribution in [-0.4, -0.2) is 18.6 Å². The number of anilines is 1. The standard InChI is InChI=1S/C14H18BrN3S/c1-3-16-8-13-10-19-14(17-13)18(2)9-11-5-4-6-12(15)7-11/h4-7,10,16H,3,8-9H2,1-2H3. The Kier molecular flexibility index (Phi) is 5.36. The highest BCUT2D eigenvalue weighted by molar-refractivity contribution is 9.10. The number of rotatable bonds is 6. The molecule has 0 fully saturated rings. The highest BCUT2D eigenvalue weighted by Gasteiger charge is 2.07. The van der Waals surface area contributed by atoms with Crippen molar-refractivity contribution < 1.29 is 0 Å². The van der Waals surface area contributed by atoms with Gasteiger partial charge in [-0.15, -0.1) is 11.3 Å². The predicted octanol–water partition coefficient (Wildman–Crippen LogP) is 3.65. The summed E-state index contributed by atoms with van der Waals surface area (Å²) in [5.74, 6) is 0. The average Bonchev–Trinajstić information content (AvgIpc) is 2.85. The van der Waals surface area contributed by atoms with E-state index in [1.165, 1.54) is 5.56 Å². The van der Waals surface area contributed by atoms with Gasteiger partial charge in [-0.3, -0.25) is 0 Å². The molecule has 5 heteroatoms. The van der Waals surface area contributed by atoms with Crippen LogP contribution in [0.2, 0.25) is 0 Å². The van der Waals surface area contributed by atoms with Crippen molar-refractivity contribution in [1.82, 2.24) is 10.3 Å². The van der Waals surface area contributed by atoms with E-state index in [2.05, 4.69) is 68.7 Å². The zero-order valence-electron chi connectivity index (χ0n) is 11.2. The average molecular weight is 340 g/mol. The zero-order valence-corrected chi connectivity index (χ0v) is 13.6. The van der Waals surface area contributed by atoms with Crippen molar-refractivity contribution in [2.75, 3.05) is 18.5 Å². The minimum atomic E-state index is 0.845. The third-order valence-electron chi connectivity index (χ3n) is 2.73. The Bertz CT molecular complexity index is 527. The van der Waals surface area contributed by atoms with Crippen LogP contribution in [-0.2, 0) is 13.1 Å². The SMILES string of the molecule is CCNCc1csc(N(C)Cc2cccc(Br)c2)n1. The van der Waals surface area contributed by atoms with Crippen LogP contribution >= 0.6 is 27.3 Å². The second-order valence-electron chi connectivity index (χ2n) is 4.39. The second-order valence-corrected chi connectivity index (χ2v) is 6.14. The molecule has 19 heavy (non-hydrogen) atoms. The molecule has 0 saturated carbocycles. The molecule has 0 aliphatic heterocycles. The molecule has 2 aromatic rings. The van der Waals surface area contributed by atoms with Gasteiger partial charge < -0.3 is 10.2 Å². The van der Waals surface area contributed by atoms with Gasteiger partial charge in [-0.2, -0.15) is 0 Å². The lowest BCUT2D eigenvalue weighted by molar-refractivity contribution is 0.713. The lowest BCUT2D eigenvalue weighted by atomic mass is 10.2. The lowest BCUT2D eigenvalue weighted by Gasteiger charge is -2.15. The van der Waals surface area contributed by atoms with E-state index in [9.17, 15) is 0 Å². The zero-order chi connectivity index (χ0) is 13.7.